The van der Waals surface area contributed by atoms with E-state index in [-0.39, 0.29) is 5.56 Å². The first-order valence-electron chi connectivity index (χ1n) is 7.48. The van der Waals surface area contributed by atoms with Crippen molar-refractivity contribution < 1.29 is 9.47 Å². The number of hydrogen-bond donors (Lipinski definition) is 2. The molecule has 0 atom stereocenters. The SMILES string of the molecule is COc1cc2[nH]c(=O)c(N3CCCCC3)c(N)c2cc1OC. The maximum Gasteiger partial charge on any atom is 0.274 e. The topological polar surface area (TPSA) is 80.6 Å². The Kier molecular flexibility index (Phi) is 3.83. The molecule has 0 unspecified atom stereocenters. The van der Waals surface area contributed by atoms with Gasteiger partial charge in [0.1, 0.15) is 5.69 Å². The maximum atomic E-state index is 12.5. The standard InChI is InChI=1S/C16H21N3O3/c1-21-12-8-10-11(9-13(12)22-2)18-16(20)15(14(10)17)19-6-4-3-5-7-19/h8-9H,3-7H2,1-2H3,(H3,17,18,20). The van der Waals surface area contributed by atoms with E-state index in [0.29, 0.717) is 28.4 Å². The van der Waals surface area contributed by atoms with E-state index in [1.807, 2.05) is 6.07 Å². The van der Waals surface area contributed by atoms with Gasteiger partial charge in [-0.05, 0) is 25.3 Å². The van der Waals surface area contributed by atoms with Gasteiger partial charge in [0.25, 0.3) is 5.56 Å². The summed E-state index contributed by atoms with van der Waals surface area (Å²) in [6.45, 7) is 1.73. The lowest BCUT2D eigenvalue weighted by Gasteiger charge is -2.29. The van der Waals surface area contributed by atoms with Gasteiger partial charge in [-0.3, -0.25) is 4.79 Å². The van der Waals surface area contributed by atoms with E-state index >= 15 is 0 Å². The fraction of sp³-hybridized carbons (Fsp3) is 0.438. The number of benzene rings is 1. The van der Waals surface area contributed by atoms with Crippen LogP contribution in [0.25, 0.3) is 10.9 Å². The van der Waals surface area contributed by atoms with Gasteiger partial charge in [0, 0.05) is 24.5 Å². The van der Waals surface area contributed by atoms with Crippen LogP contribution in [-0.4, -0.2) is 32.3 Å². The van der Waals surface area contributed by atoms with Crippen LogP contribution in [0.1, 0.15) is 19.3 Å². The molecule has 118 valence electrons. The van der Waals surface area contributed by atoms with Gasteiger partial charge in [0.05, 0.1) is 25.4 Å². The Hall–Kier alpha value is -2.37. The number of nitrogens with one attached hydrogen (secondary N) is 1. The number of nitrogens with zero attached hydrogens (tertiary/aromatic N) is 1. The molecule has 0 bridgehead atoms. The highest BCUT2D eigenvalue weighted by molar-refractivity contribution is 5.98. The Balaban J connectivity index is 2.20. The van der Waals surface area contributed by atoms with Crippen molar-refractivity contribution >= 4 is 22.3 Å². The number of aromatic amines is 1. The summed E-state index contributed by atoms with van der Waals surface area (Å²) in [4.78, 5) is 17.4. The van der Waals surface area contributed by atoms with Crippen LogP contribution in [0.3, 0.4) is 0 Å². The van der Waals surface area contributed by atoms with E-state index in [4.69, 9.17) is 15.2 Å². The molecular weight excluding hydrogens is 282 g/mol. The van der Waals surface area contributed by atoms with Gasteiger partial charge < -0.3 is 25.1 Å². The summed E-state index contributed by atoms with van der Waals surface area (Å²) in [5.41, 5.74) is 7.88. The minimum Gasteiger partial charge on any atom is -0.493 e. The average molecular weight is 303 g/mol. The van der Waals surface area contributed by atoms with Crippen molar-refractivity contribution in [2.75, 3.05) is 37.9 Å². The summed E-state index contributed by atoms with van der Waals surface area (Å²) in [6.07, 6.45) is 3.37. The minimum absolute atomic E-state index is 0.154. The molecule has 1 aliphatic rings. The molecule has 0 spiro atoms. The molecule has 1 fully saturated rings. The molecule has 0 saturated carbocycles. The predicted molar refractivity (Wildman–Crippen MR) is 88.1 cm³/mol. The highest BCUT2D eigenvalue weighted by Crippen LogP contribution is 2.36. The van der Waals surface area contributed by atoms with E-state index in [1.54, 1.807) is 20.3 Å². The number of nitrogens with two attached hydrogens (primary N) is 1. The predicted octanol–water partition coefficient (Wildman–Crippen LogP) is 2.12. The number of aromatic nitrogens is 1. The summed E-state index contributed by atoms with van der Waals surface area (Å²) in [7, 11) is 3.14. The first-order chi connectivity index (χ1) is 10.7. The lowest BCUT2D eigenvalue weighted by Crippen LogP contribution is -2.34. The van der Waals surface area contributed by atoms with Gasteiger partial charge in [0.2, 0.25) is 0 Å². The van der Waals surface area contributed by atoms with Crippen molar-refractivity contribution in [2.45, 2.75) is 19.3 Å². The molecule has 1 saturated heterocycles. The quantitative estimate of drug-likeness (QED) is 0.908. The molecule has 6 heteroatoms. The number of piperidine rings is 1. The summed E-state index contributed by atoms with van der Waals surface area (Å²) >= 11 is 0. The van der Waals surface area contributed by atoms with Crippen LogP contribution in [0.4, 0.5) is 11.4 Å². The minimum atomic E-state index is -0.154. The molecule has 1 aliphatic heterocycles. The van der Waals surface area contributed by atoms with Crippen LogP contribution in [0, 0.1) is 0 Å². The molecule has 22 heavy (non-hydrogen) atoms. The molecule has 3 rings (SSSR count). The number of methoxy groups -OCH3 is 2. The second-order valence-corrected chi connectivity index (χ2v) is 5.52. The third kappa shape index (κ3) is 2.34. The van der Waals surface area contributed by atoms with Crippen LogP contribution in [0.15, 0.2) is 16.9 Å². The lowest BCUT2D eigenvalue weighted by molar-refractivity contribution is 0.356. The number of H-pyrrole nitrogens is 1. The first-order valence-corrected chi connectivity index (χ1v) is 7.48. The van der Waals surface area contributed by atoms with E-state index < -0.39 is 0 Å². The Morgan fingerprint density at radius 1 is 1.09 bits per heavy atom. The zero-order valence-corrected chi connectivity index (χ0v) is 12.9. The first kappa shape index (κ1) is 14.6. The third-order valence-electron chi connectivity index (χ3n) is 4.20. The number of anilines is 2. The number of nitrogen functional groups attached to an aromatic ring is 1. The van der Waals surface area contributed by atoms with Gasteiger partial charge >= 0.3 is 0 Å². The largest absolute Gasteiger partial charge is 0.493 e. The van der Waals surface area contributed by atoms with Crippen molar-refractivity contribution in [3.8, 4) is 11.5 Å². The normalized spacial score (nSPS) is 15.1. The Morgan fingerprint density at radius 2 is 1.73 bits per heavy atom. The molecule has 3 N–H and O–H groups in total. The maximum absolute atomic E-state index is 12.5. The van der Waals surface area contributed by atoms with E-state index in [0.717, 1.165) is 31.3 Å². The molecular formula is C16H21N3O3. The number of hydrogen-bond acceptors (Lipinski definition) is 5. The van der Waals surface area contributed by atoms with E-state index in [9.17, 15) is 4.79 Å². The average Bonchev–Trinajstić information content (AvgIpc) is 2.54. The summed E-state index contributed by atoms with van der Waals surface area (Å²) in [5.74, 6) is 1.16. The molecule has 0 aliphatic carbocycles. The van der Waals surface area contributed by atoms with Gasteiger partial charge in [-0.15, -0.1) is 0 Å². The summed E-state index contributed by atoms with van der Waals surface area (Å²) in [5, 5.41) is 0.776. The van der Waals surface area contributed by atoms with Crippen LogP contribution >= 0.6 is 0 Å². The zero-order valence-electron chi connectivity index (χ0n) is 12.9. The zero-order chi connectivity index (χ0) is 15.7. The smallest absolute Gasteiger partial charge is 0.274 e. The van der Waals surface area contributed by atoms with Crippen LogP contribution in [0.2, 0.25) is 0 Å². The van der Waals surface area contributed by atoms with Gasteiger partial charge in [-0.25, -0.2) is 0 Å². The van der Waals surface area contributed by atoms with Gasteiger partial charge in [-0.1, -0.05) is 0 Å². The van der Waals surface area contributed by atoms with Crippen molar-refractivity contribution in [3.63, 3.8) is 0 Å². The molecule has 6 nitrogen and oxygen atoms in total. The van der Waals surface area contributed by atoms with Crippen molar-refractivity contribution in [2.24, 2.45) is 0 Å². The van der Waals surface area contributed by atoms with Gasteiger partial charge in [0.15, 0.2) is 11.5 Å². The Labute approximate surface area is 128 Å². The van der Waals surface area contributed by atoms with E-state index in [1.165, 1.54) is 6.42 Å². The number of ether oxygens (including phenoxy) is 2. The summed E-state index contributed by atoms with van der Waals surface area (Å²) in [6, 6.07) is 3.55. The van der Waals surface area contributed by atoms with Crippen molar-refractivity contribution in [1.29, 1.82) is 0 Å². The fourth-order valence-electron chi connectivity index (χ4n) is 3.07. The molecule has 1 aromatic heterocycles. The number of fused-ring (bicyclic) bond motifs is 1. The Morgan fingerprint density at radius 3 is 2.36 bits per heavy atom. The molecule has 2 aromatic rings. The fourth-order valence-corrected chi connectivity index (χ4v) is 3.07. The van der Waals surface area contributed by atoms with Crippen molar-refractivity contribution in [3.05, 3.63) is 22.5 Å². The monoisotopic (exact) mass is 303 g/mol. The van der Waals surface area contributed by atoms with Crippen LogP contribution in [-0.2, 0) is 0 Å². The van der Waals surface area contributed by atoms with E-state index in [2.05, 4.69) is 9.88 Å². The van der Waals surface area contributed by atoms with Crippen LogP contribution < -0.4 is 25.7 Å². The highest BCUT2D eigenvalue weighted by Gasteiger charge is 2.20. The highest BCUT2D eigenvalue weighted by atomic mass is 16.5. The number of rotatable bonds is 3. The van der Waals surface area contributed by atoms with Crippen LogP contribution in [0.5, 0.6) is 11.5 Å². The molecule has 0 amide bonds. The Bertz CT molecular complexity index is 748. The lowest BCUT2D eigenvalue weighted by atomic mass is 10.1. The number of pyridine rings is 1. The molecule has 2 heterocycles. The van der Waals surface area contributed by atoms with Crippen molar-refractivity contribution in [1.82, 2.24) is 4.98 Å². The van der Waals surface area contributed by atoms with Gasteiger partial charge in [-0.2, -0.15) is 0 Å². The second kappa shape index (κ2) is 5.79. The second-order valence-electron chi connectivity index (χ2n) is 5.52. The third-order valence-corrected chi connectivity index (χ3v) is 4.20. The molecule has 1 aromatic carbocycles. The summed E-state index contributed by atoms with van der Waals surface area (Å²) < 4.78 is 10.6. The molecule has 0 radical (unpaired) electrons.